The van der Waals surface area contributed by atoms with Gasteiger partial charge in [-0.2, -0.15) is 5.10 Å². The first-order valence-corrected chi connectivity index (χ1v) is 12.0. The summed E-state index contributed by atoms with van der Waals surface area (Å²) < 4.78 is 12.3. The summed E-state index contributed by atoms with van der Waals surface area (Å²) in [5.41, 5.74) is 5.78. The smallest absolute Gasteiger partial charge is 0.339 e. The van der Waals surface area contributed by atoms with Crippen LogP contribution in [-0.4, -0.2) is 52.9 Å². The summed E-state index contributed by atoms with van der Waals surface area (Å²) in [4.78, 5) is 35.9. The van der Waals surface area contributed by atoms with Crippen LogP contribution in [0.4, 0.5) is 0 Å². The Balaban J connectivity index is 1.66. The molecule has 0 aliphatic carbocycles. The van der Waals surface area contributed by atoms with Gasteiger partial charge >= 0.3 is 11.9 Å². The maximum Gasteiger partial charge on any atom is 0.339 e. The number of amides is 1. The quantitative estimate of drug-likeness (QED) is 0.436. The molecule has 4 rings (SSSR count). The zero-order valence-corrected chi connectivity index (χ0v) is 20.7. The van der Waals surface area contributed by atoms with Gasteiger partial charge < -0.3 is 14.0 Å². The van der Waals surface area contributed by atoms with Gasteiger partial charge in [0.05, 0.1) is 30.1 Å². The second-order valence-corrected chi connectivity index (χ2v) is 8.40. The highest BCUT2D eigenvalue weighted by Gasteiger charge is 2.23. The van der Waals surface area contributed by atoms with E-state index in [1.54, 1.807) is 6.92 Å². The maximum absolute atomic E-state index is 12.6. The number of esters is 2. The van der Waals surface area contributed by atoms with E-state index in [4.69, 9.17) is 9.47 Å². The number of carbonyl (C=O) groups excluding carboxylic acids is 3. The Morgan fingerprint density at radius 2 is 1.69 bits per heavy atom. The van der Waals surface area contributed by atoms with Gasteiger partial charge in [0.2, 0.25) is 5.91 Å². The topological polar surface area (TPSA) is 90.2 Å². The Hall–Kier alpha value is -4.20. The molecule has 0 bridgehead atoms. The maximum atomic E-state index is 12.6. The van der Waals surface area contributed by atoms with Crippen LogP contribution in [0.2, 0.25) is 0 Å². The normalized spacial score (nSPS) is 13.4. The molecule has 1 aromatic heterocycles. The summed E-state index contributed by atoms with van der Waals surface area (Å²) in [6, 6.07) is 19.6. The van der Waals surface area contributed by atoms with E-state index >= 15 is 0 Å². The Bertz CT molecular complexity index is 1290. The summed E-state index contributed by atoms with van der Waals surface area (Å²) >= 11 is 0. The van der Waals surface area contributed by atoms with Crippen molar-refractivity contribution in [3.05, 3.63) is 77.5 Å². The number of benzene rings is 2. The van der Waals surface area contributed by atoms with Crippen LogP contribution in [-0.2, 0) is 19.1 Å². The monoisotopic (exact) mass is 487 g/mol. The molecule has 3 aromatic rings. The molecule has 0 N–H and O–H groups in total. The molecule has 1 amide bonds. The van der Waals surface area contributed by atoms with Crippen LogP contribution in [0.3, 0.4) is 0 Å². The summed E-state index contributed by atoms with van der Waals surface area (Å²) in [5, 5.41) is 5.87. The fourth-order valence-electron chi connectivity index (χ4n) is 4.24. The molecule has 0 saturated heterocycles. The fourth-order valence-corrected chi connectivity index (χ4v) is 4.24. The molecule has 8 nitrogen and oxygen atoms in total. The Kier molecular flexibility index (Phi) is 7.63. The molecule has 0 spiro atoms. The summed E-state index contributed by atoms with van der Waals surface area (Å²) in [7, 11) is 0. The zero-order chi connectivity index (χ0) is 25.7. The highest BCUT2D eigenvalue weighted by Crippen LogP contribution is 2.30. The minimum atomic E-state index is -0.388. The van der Waals surface area contributed by atoms with Crippen LogP contribution in [0.1, 0.15) is 48.3 Å². The van der Waals surface area contributed by atoms with E-state index in [1.165, 1.54) is 11.9 Å². The van der Waals surface area contributed by atoms with Gasteiger partial charge in [0.15, 0.2) is 0 Å². The molecule has 0 fully saturated rings. The lowest BCUT2D eigenvalue weighted by Crippen LogP contribution is -2.34. The molecular weight excluding hydrogens is 458 g/mol. The van der Waals surface area contributed by atoms with Crippen molar-refractivity contribution >= 4 is 23.6 Å². The number of hydrogen-bond acceptors (Lipinski definition) is 6. The number of ether oxygens (including phenoxy) is 2. The Labute approximate surface area is 210 Å². The van der Waals surface area contributed by atoms with Crippen molar-refractivity contribution in [3.8, 4) is 16.9 Å². The third-order valence-corrected chi connectivity index (χ3v) is 5.98. The van der Waals surface area contributed by atoms with Crippen LogP contribution in [0.5, 0.6) is 0 Å². The van der Waals surface area contributed by atoms with Crippen LogP contribution in [0.15, 0.2) is 65.8 Å². The fraction of sp³-hybridized carbons (Fsp3) is 0.286. The number of rotatable bonds is 8. The lowest BCUT2D eigenvalue weighted by atomic mass is 10.0. The van der Waals surface area contributed by atoms with Crippen LogP contribution in [0.25, 0.3) is 16.9 Å². The molecule has 2 aromatic carbocycles. The number of nitrogens with zero attached hydrogens (tertiary/aromatic N) is 3. The van der Waals surface area contributed by atoms with Crippen molar-refractivity contribution < 1.29 is 23.9 Å². The highest BCUT2D eigenvalue weighted by atomic mass is 16.5. The molecule has 36 heavy (non-hydrogen) atoms. The van der Waals surface area contributed by atoms with E-state index in [-0.39, 0.29) is 31.0 Å². The van der Waals surface area contributed by atoms with E-state index < -0.39 is 0 Å². The van der Waals surface area contributed by atoms with E-state index in [9.17, 15) is 14.4 Å². The standard InChI is InChI=1S/C28H29N3O5/c1-4-35-28(34)24-18-26(22-8-6-5-7-9-22)31(19(24)2)23-12-10-21(11-13-23)25-14-15-27(33)30(29-25)16-17-36-20(3)32/h5-13,18H,4,14-17H2,1-3H3. The van der Waals surface area contributed by atoms with Crippen molar-refractivity contribution in [1.29, 1.82) is 0 Å². The van der Waals surface area contributed by atoms with Crippen molar-refractivity contribution in [2.24, 2.45) is 5.10 Å². The van der Waals surface area contributed by atoms with E-state index in [2.05, 4.69) is 5.10 Å². The van der Waals surface area contributed by atoms with E-state index in [0.29, 0.717) is 25.0 Å². The van der Waals surface area contributed by atoms with Crippen LogP contribution >= 0.6 is 0 Å². The molecule has 2 heterocycles. The van der Waals surface area contributed by atoms with Gasteiger partial charge in [-0.3, -0.25) is 9.59 Å². The third-order valence-electron chi connectivity index (χ3n) is 5.98. The molecular formula is C28H29N3O5. The van der Waals surface area contributed by atoms with Crippen molar-refractivity contribution in [2.45, 2.75) is 33.6 Å². The molecule has 0 atom stereocenters. The van der Waals surface area contributed by atoms with Crippen molar-refractivity contribution in [2.75, 3.05) is 19.8 Å². The van der Waals surface area contributed by atoms with Gasteiger partial charge in [-0.1, -0.05) is 42.5 Å². The molecule has 186 valence electrons. The van der Waals surface area contributed by atoms with Gasteiger partial charge in [-0.25, -0.2) is 9.80 Å². The average molecular weight is 488 g/mol. The largest absolute Gasteiger partial charge is 0.464 e. The minimum absolute atomic E-state index is 0.0931. The van der Waals surface area contributed by atoms with E-state index in [1.807, 2.05) is 72.2 Å². The molecule has 1 aliphatic heterocycles. The second kappa shape index (κ2) is 11.0. The second-order valence-electron chi connectivity index (χ2n) is 8.40. The molecule has 0 unspecified atom stereocenters. The highest BCUT2D eigenvalue weighted by molar-refractivity contribution is 6.04. The number of carbonyl (C=O) groups is 3. The van der Waals surface area contributed by atoms with Gasteiger partial charge in [0.1, 0.15) is 6.61 Å². The predicted octanol–water partition coefficient (Wildman–Crippen LogP) is 4.52. The average Bonchev–Trinajstić information content (AvgIpc) is 3.23. The van der Waals surface area contributed by atoms with Crippen LogP contribution < -0.4 is 0 Å². The summed E-state index contributed by atoms with van der Waals surface area (Å²) in [6.45, 7) is 5.67. The van der Waals surface area contributed by atoms with Gasteiger partial charge in [-0.05, 0) is 43.2 Å². The predicted molar refractivity (Wildman–Crippen MR) is 136 cm³/mol. The first-order valence-electron chi connectivity index (χ1n) is 12.0. The van der Waals surface area contributed by atoms with Crippen molar-refractivity contribution in [1.82, 2.24) is 9.58 Å². The summed E-state index contributed by atoms with van der Waals surface area (Å²) in [6.07, 6.45) is 0.880. The summed E-state index contributed by atoms with van der Waals surface area (Å²) in [5.74, 6) is -0.831. The number of hydrazone groups is 1. The first kappa shape index (κ1) is 24.9. The zero-order valence-electron chi connectivity index (χ0n) is 20.7. The van der Waals surface area contributed by atoms with Gasteiger partial charge in [0.25, 0.3) is 0 Å². The lowest BCUT2D eigenvalue weighted by molar-refractivity contribution is -0.143. The van der Waals surface area contributed by atoms with Crippen LogP contribution in [0, 0.1) is 6.92 Å². The number of aromatic nitrogens is 1. The minimum Gasteiger partial charge on any atom is -0.464 e. The molecule has 0 saturated carbocycles. The molecule has 8 heteroatoms. The molecule has 1 aliphatic rings. The SMILES string of the molecule is CCOC(=O)c1cc(-c2ccccc2)n(-c2ccc(C3=NN(CCOC(C)=O)C(=O)CC3)cc2)c1C. The first-order chi connectivity index (χ1) is 17.4. The third kappa shape index (κ3) is 5.38. The molecule has 0 radical (unpaired) electrons. The van der Waals surface area contributed by atoms with Gasteiger partial charge in [0, 0.05) is 31.1 Å². The van der Waals surface area contributed by atoms with E-state index in [0.717, 1.165) is 33.9 Å². The lowest BCUT2D eigenvalue weighted by Gasteiger charge is -2.23. The Morgan fingerprint density at radius 1 is 0.972 bits per heavy atom. The van der Waals surface area contributed by atoms with Crippen molar-refractivity contribution in [3.63, 3.8) is 0 Å². The number of hydrogen-bond donors (Lipinski definition) is 0. The Morgan fingerprint density at radius 3 is 2.36 bits per heavy atom. The van der Waals surface area contributed by atoms with Gasteiger partial charge in [-0.15, -0.1) is 0 Å².